The summed E-state index contributed by atoms with van der Waals surface area (Å²) in [4.78, 5) is 0. The molecule has 0 aromatic rings. The number of aliphatic hydroxyl groups excluding tert-OH is 1. The van der Waals surface area contributed by atoms with Gasteiger partial charge < -0.3 is 5.11 Å². The van der Waals surface area contributed by atoms with E-state index >= 15 is 0 Å². The Hall–Kier alpha value is -0.300. The highest BCUT2D eigenvalue weighted by Crippen LogP contribution is 2.67. The molecule has 3 saturated carbocycles. The van der Waals surface area contributed by atoms with Gasteiger partial charge in [-0.1, -0.05) is 65.5 Å². The summed E-state index contributed by atoms with van der Waals surface area (Å²) in [6, 6.07) is 0. The molecule has 4 aliphatic carbocycles. The number of fused-ring (bicyclic) bond motifs is 5. The highest BCUT2D eigenvalue weighted by atomic mass is 16.3. The van der Waals surface area contributed by atoms with Crippen LogP contribution < -0.4 is 0 Å². The highest BCUT2D eigenvalue weighted by molar-refractivity contribution is 5.25. The minimum absolute atomic E-state index is 0.0766. The van der Waals surface area contributed by atoms with Crippen LogP contribution in [-0.2, 0) is 0 Å². The van der Waals surface area contributed by atoms with E-state index in [1.54, 1.807) is 5.57 Å². The molecule has 4 rings (SSSR count). The molecule has 1 N–H and O–H groups in total. The van der Waals surface area contributed by atoms with Gasteiger partial charge in [0.05, 0.1) is 6.10 Å². The third-order valence-corrected chi connectivity index (χ3v) is 10.3. The van der Waals surface area contributed by atoms with Gasteiger partial charge in [0.25, 0.3) is 0 Å². The van der Waals surface area contributed by atoms with Crippen LogP contribution in [0.15, 0.2) is 11.6 Å². The van der Waals surface area contributed by atoms with Gasteiger partial charge in [-0.05, 0) is 97.7 Å². The number of allylic oxidation sites excluding steroid dienone is 1. The van der Waals surface area contributed by atoms with Crippen molar-refractivity contribution >= 4 is 0 Å². The van der Waals surface area contributed by atoms with Crippen LogP contribution in [0, 0.1) is 46.3 Å². The largest absolute Gasteiger partial charge is 0.393 e. The van der Waals surface area contributed by atoms with Gasteiger partial charge >= 0.3 is 0 Å². The van der Waals surface area contributed by atoms with E-state index in [1.807, 2.05) is 0 Å². The molecule has 160 valence electrons. The summed E-state index contributed by atoms with van der Waals surface area (Å²) in [5.41, 5.74) is 2.60. The molecule has 28 heavy (non-hydrogen) atoms. The van der Waals surface area contributed by atoms with Crippen molar-refractivity contribution in [2.45, 2.75) is 111 Å². The van der Waals surface area contributed by atoms with Crippen LogP contribution in [0.1, 0.15) is 105 Å². The summed E-state index contributed by atoms with van der Waals surface area (Å²) in [5.74, 6) is 5.46. The molecule has 4 aliphatic rings. The fourth-order valence-corrected chi connectivity index (χ4v) is 8.67. The molecule has 0 radical (unpaired) electrons. The molecule has 0 spiro atoms. The average Bonchev–Trinajstić information content (AvgIpc) is 2.99. The van der Waals surface area contributed by atoms with Crippen molar-refractivity contribution in [1.29, 1.82) is 0 Å². The van der Waals surface area contributed by atoms with Gasteiger partial charge in [0.15, 0.2) is 0 Å². The van der Waals surface area contributed by atoms with Gasteiger partial charge in [-0.2, -0.15) is 0 Å². The second kappa shape index (κ2) is 7.75. The molecule has 0 heterocycles. The standard InChI is InChI=1S/C27H46O/c1-18(2)7-6-8-19(3)23-11-12-24-22-10-9-20-17-21(28)13-15-26(20,4)25(22)14-16-27(23,24)5/h9,18-19,21-25,28H,6-8,10-17H2,1-5H3/t19-,21+,22+,23-,24+,25+,26+,27-/m1/s1/i1+2/t18?,19-,21+,22+,23-,24+,25+,26+,27-. The quantitative estimate of drug-likeness (QED) is 0.487. The second-order valence-corrected chi connectivity index (χ2v) is 12.2. The van der Waals surface area contributed by atoms with Crippen LogP contribution in [0.5, 0.6) is 0 Å². The molecular weight excluding hydrogens is 342 g/mol. The van der Waals surface area contributed by atoms with E-state index < -0.39 is 0 Å². The summed E-state index contributed by atoms with van der Waals surface area (Å²) in [7, 11) is 0. The zero-order valence-corrected chi connectivity index (χ0v) is 19.3. The van der Waals surface area contributed by atoms with Crippen LogP contribution >= 0.6 is 0 Å². The zero-order valence-electron chi connectivity index (χ0n) is 19.3. The van der Waals surface area contributed by atoms with E-state index in [0.29, 0.717) is 10.8 Å². The third-order valence-electron chi connectivity index (χ3n) is 10.3. The maximum Gasteiger partial charge on any atom is 0.0577 e. The molecule has 0 bridgehead atoms. The lowest BCUT2D eigenvalue weighted by Crippen LogP contribution is -2.50. The molecule has 0 aromatic heterocycles. The van der Waals surface area contributed by atoms with E-state index in [2.05, 4.69) is 40.7 Å². The normalized spacial score (nSPS) is 47.5. The fourth-order valence-electron chi connectivity index (χ4n) is 8.67. The topological polar surface area (TPSA) is 20.2 Å². The first-order valence-corrected chi connectivity index (χ1v) is 12.6. The van der Waals surface area contributed by atoms with Crippen molar-refractivity contribution in [1.82, 2.24) is 0 Å². The van der Waals surface area contributed by atoms with E-state index in [1.165, 1.54) is 57.8 Å². The molecule has 0 aromatic carbocycles. The molecule has 0 saturated heterocycles. The Labute approximate surface area is 174 Å². The Balaban J connectivity index is 1.49. The number of rotatable bonds is 5. The van der Waals surface area contributed by atoms with Gasteiger partial charge in [0.2, 0.25) is 0 Å². The lowest BCUT2D eigenvalue weighted by Gasteiger charge is -2.58. The smallest absolute Gasteiger partial charge is 0.0577 e. The van der Waals surface area contributed by atoms with Crippen LogP contribution in [0.4, 0.5) is 0 Å². The Kier molecular flexibility index (Phi) is 5.80. The summed E-state index contributed by atoms with van der Waals surface area (Å²) in [6.45, 7) is 12.6. The van der Waals surface area contributed by atoms with Crippen molar-refractivity contribution in [2.24, 2.45) is 46.3 Å². The third kappa shape index (κ3) is 3.42. The Morgan fingerprint density at radius 3 is 2.61 bits per heavy atom. The Morgan fingerprint density at radius 1 is 1.07 bits per heavy atom. The number of hydrogen-bond donors (Lipinski definition) is 1. The van der Waals surface area contributed by atoms with Crippen LogP contribution in [0.25, 0.3) is 0 Å². The monoisotopic (exact) mass is 388 g/mol. The summed E-state index contributed by atoms with van der Waals surface area (Å²) in [5, 5.41) is 10.2. The minimum Gasteiger partial charge on any atom is -0.393 e. The van der Waals surface area contributed by atoms with Gasteiger partial charge in [-0.15, -0.1) is 0 Å². The Morgan fingerprint density at radius 2 is 1.86 bits per heavy atom. The highest BCUT2D eigenvalue weighted by Gasteiger charge is 2.59. The van der Waals surface area contributed by atoms with Crippen molar-refractivity contribution in [3.8, 4) is 0 Å². The molecule has 1 nitrogen and oxygen atoms in total. The van der Waals surface area contributed by atoms with Crippen LogP contribution in [-0.4, -0.2) is 11.2 Å². The molecule has 3 fully saturated rings. The summed E-state index contributed by atoms with van der Waals surface area (Å²) in [6.07, 6.45) is 17.2. The summed E-state index contributed by atoms with van der Waals surface area (Å²) >= 11 is 0. The van der Waals surface area contributed by atoms with Crippen molar-refractivity contribution in [3.63, 3.8) is 0 Å². The maximum atomic E-state index is 10.2. The molecule has 1 heteroatoms. The Bertz CT molecular complexity index is 591. The zero-order chi connectivity index (χ0) is 20.1. The van der Waals surface area contributed by atoms with Crippen LogP contribution in [0.2, 0.25) is 0 Å². The molecule has 1 unspecified atom stereocenters. The fraction of sp³-hybridized carbons (Fsp3) is 0.926. The predicted octanol–water partition coefficient (Wildman–Crippen LogP) is 7.39. The van der Waals surface area contributed by atoms with Gasteiger partial charge in [0, 0.05) is 0 Å². The summed E-state index contributed by atoms with van der Waals surface area (Å²) < 4.78 is 0. The number of aliphatic hydroxyl groups is 1. The minimum atomic E-state index is -0.0766. The van der Waals surface area contributed by atoms with E-state index in [9.17, 15) is 5.11 Å². The SMILES string of the molecule is CC([14CH3])CCC[C@@H](C)[C@H]1CC[C@H]2[C@@H]3CC=C4C[C@@H](O)CC[C@]4(C)[C@H]3CC[C@]12C. The molecule has 0 amide bonds. The predicted molar refractivity (Wildman–Crippen MR) is 119 cm³/mol. The number of hydrogen-bond acceptors (Lipinski definition) is 1. The molecular formula is C27H46O. The second-order valence-electron chi connectivity index (χ2n) is 12.2. The van der Waals surface area contributed by atoms with E-state index in [0.717, 1.165) is 48.3 Å². The van der Waals surface area contributed by atoms with E-state index in [-0.39, 0.29) is 6.10 Å². The lowest BCUT2D eigenvalue weighted by molar-refractivity contribution is -0.0573. The molecule has 9 atom stereocenters. The maximum absolute atomic E-state index is 10.2. The van der Waals surface area contributed by atoms with Crippen molar-refractivity contribution < 1.29 is 5.11 Å². The molecule has 0 aliphatic heterocycles. The first kappa shape index (κ1) is 21.0. The van der Waals surface area contributed by atoms with Gasteiger partial charge in [-0.3, -0.25) is 0 Å². The van der Waals surface area contributed by atoms with Crippen LogP contribution in [0.3, 0.4) is 0 Å². The van der Waals surface area contributed by atoms with Crippen molar-refractivity contribution in [2.75, 3.05) is 0 Å². The first-order chi connectivity index (χ1) is 13.3. The van der Waals surface area contributed by atoms with Gasteiger partial charge in [-0.25, -0.2) is 0 Å². The van der Waals surface area contributed by atoms with Crippen molar-refractivity contribution in [3.05, 3.63) is 11.6 Å². The van der Waals surface area contributed by atoms with Gasteiger partial charge in [0.1, 0.15) is 0 Å². The first-order valence-electron chi connectivity index (χ1n) is 12.6. The lowest BCUT2D eigenvalue weighted by atomic mass is 9.47. The average molecular weight is 389 g/mol. The van der Waals surface area contributed by atoms with E-state index in [4.69, 9.17) is 0 Å².